The van der Waals surface area contributed by atoms with Gasteiger partial charge in [-0.05, 0) is 68.9 Å². The maximum Gasteiger partial charge on any atom is 0.410 e. The lowest BCUT2D eigenvalue weighted by molar-refractivity contribution is -0.383. The Morgan fingerprint density at radius 1 is 1.09 bits per heavy atom. The van der Waals surface area contributed by atoms with E-state index < -0.39 is 5.60 Å². The average molecular weight is 590 g/mol. The van der Waals surface area contributed by atoms with Gasteiger partial charge in [-0.2, -0.15) is 0 Å². The molecule has 1 aliphatic heterocycles. The smallest absolute Gasteiger partial charge is 0.410 e. The van der Waals surface area contributed by atoms with Crippen LogP contribution in [0.15, 0.2) is 60.8 Å². The number of carbonyl (C=O) groups excluding carboxylic acids is 1. The first-order chi connectivity index (χ1) is 20.2. The molecule has 1 aliphatic rings. The van der Waals surface area contributed by atoms with E-state index in [9.17, 15) is 14.9 Å². The van der Waals surface area contributed by atoms with Crippen molar-refractivity contribution < 1.29 is 19.2 Å². The molecule has 0 bridgehead atoms. The molecule has 10 nitrogen and oxygen atoms in total. The van der Waals surface area contributed by atoms with Gasteiger partial charge in [-0.1, -0.05) is 55.8 Å². The maximum absolute atomic E-state index is 13.0. The topological polar surface area (TPSA) is 110 Å². The van der Waals surface area contributed by atoms with Crippen LogP contribution >= 0.6 is 0 Å². The first-order valence-corrected chi connectivity index (χ1v) is 14.5. The summed E-state index contributed by atoms with van der Waals surface area (Å²) in [4.78, 5) is 33.4. The average Bonchev–Trinajstić information content (AvgIpc) is 2.92. The van der Waals surface area contributed by atoms with Crippen molar-refractivity contribution in [3.05, 3.63) is 87.6 Å². The molecule has 0 saturated carbocycles. The molecule has 1 fully saturated rings. The number of aryl methyl sites for hydroxylation is 1. The highest BCUT2D eigenvalue weighted by molar-refractivity contribution is 5.74. The number of anilines is 2. The van der Waals surface area contributed by atoms with Gasteiger partial charge in [-0.15, -0.1) is 0 Å². The number of nitrogens with one attached hydrogen (secondary N) is 1. The molecule has 1 saturated heterocycles. The lowest BCUT2D eigenvalue weighted by atomic mass is 9.81. The molecule has 2 aromatic carbocycles. The van der Waals surface area contributed by atoms with Gasteiger partial charge in [-0.25, -0.2) is 9.78 Å². The van der Waals surface area contributed by atoms with E-state index in [1.807, 2.05) is 81.1 Å². The molecule has 43 heavy (non-hydrogen) atoms. The van der Waals surface area contributed by atoms with E-state index >= 15 is 0 Å². The number of carbonyl (C=O) groups is 1. The Bertz CT molecular complexity index is 1420. The second-order valence-electron chi connectivity index (χ2n) is 13.0. The Hall–Kier alpha value is -4.34. The highest BCUT2D eigenvalue weighted by atomic mass is 16.6. The molecule has 3 aromatic rings. The van der Waals surface area contributed by atoms with Gasteiger partial charge in [-0.3, -0.25) is 10.1 Å². The van der Waals surface area contributed by atoms with Gasteiger partial charge in [0, 0.05) is 38.4 Å². The number of amides is 1. The molecule has 0 spiro atoms. The van der Waals surface area contributed by atoms with Gasteiger partial charge in [0.1, 0.15) is 17.0 Å². The summed E-state index contributed by atoms with van der Waals surface area (Å²) in [6.07, 6.45) is 1.93. The van der Waals surface area contributed by atoms with Crippen LogP contribution in [-0.4, -0.2) is 52.7 Å². The minimum atomic E-state index is -0.620. The minimum absolute atomic E-state index is 0.102. The van der Waals surface area contributed by atoms with E-state index in [4.69, 9.17) is 9.47 Å². The third-order valence-corrected chi connectivity index (χ3v) is 7.28. The van der Waals surface area contributed by atoms with Crippen LogP contribution in [0.3, 0.4) is 0 Å². The van der Waals surface area contributed by atoms with Crippen molar-refractivity contribution in [3.8, 4) is 5.75 Å². The van der Waals surface area contributed by atoms with Crippen molar-refractivity contribution in [2.24, 2.45) is 5.41 Å². The summed E-state index contributed by atoms with van der Waals surface area (Å²) >= 11 is 0. The lowest BCUT2D eigenvalue weighted by Crippen LogP contribution is -2.53. The van der Waals surface area contributed by atoms with Gasteiger partial charge in [0.05, 0.1) is 12.0 Å². The largest absolute Gasteiger partial charge is 0.497 e. The fourth-order valence-corrected chi connectivity index (χ4v) is 5.47. The molecule has 1 aromatic heterocycles. The number of nitro groups is 1. The number of nitrogens with zero attached hydrogens (tertiary/aromatic N) is 4. The summed E-state index contributed by atoms with van der Waals surface area (Å²) in [6, 6.07) is 17.2. The van der Waals surface area contributed by atoms with E-state index in [2.05, 4.69) is 24.1 Å². The Morgan fingerprint density at radius 3 is 2.26 bits per heavy atom. The molecule has 0 unspecified atom stereocenters. The zero-order chi connectivity index (χ0) is 31.4. The van der Waals surface area contributed by atoms with Crippen molar-refractivity contribution in [2.45, 2.75) is 72.7 Å². The van der Waals surface area contributed by atoms with Crippen molar-refractivity contribution >= 4 is 23.3 Å². The van der Waals surface area contributed by atoms with E-state index in [0.717, 1.165) is 28.9 Å². The van der Waals surface area contributed by atoms with Crippen LogP contribution in [0.4, 0.5) is 22.0 Å². The van der Waals surface area contributed by atoms with Gasteiger partial charge in [0.25, 0.3) is 0 Å². The highest BCUT2D eigenvalue weighted by Crippen LogP contribution is 2.38. The monoisotopic (exact) mass is 589 g/mol. The number of aromatic nitrogens is 1. The van der Waals surface area contributed by atoms with Crippen molar-refractivity contribution in [2.75, 3.05) is 30.4 Å². The number of hydrogen-bond acceptors (Lipinski definition) is 8. The van der Waals surface area contributed by atoms with Crippen LogP contribution in [0.5, 0.6) is 5.75 Å². The summed E-state index contributed by atoms with van der Waals surface area (Å²) < 4.78 is 11.0. The predicted octanol–water partition coefficient (Wildman–Crippen LogP) is 6.96. The van der Waals surface area contributed by atoms with Crippen LogP contribution in [0, 0.1) is 22.5 Å². The second kappa shape index (κ2) is 12.9. The van der Waals surface area contributed by atoms with Gasteiger partial charge < -0.3 is 24.6 Å². The van der Waals surface area contributed by atoms with E-state index in [0.29, 0.717) is 31.9 Å². The first kappa shape index (κ1) is 31.6. The zero-order valence-electron chi connectivity index (χ0n) is 26.2. The van der Waals surface area contributed by atoms with Crippen molar-refractivity contribution in [1.29, 1.82) is 0 Å². The molecular formula is C33H43N5O5. The van der Waals surface area contributed by atoms with E-state index in [-0.39, 0.29) is 34.0 Å². The number of methoxy groups -OCH3 is 1. The standard InChI is InChI=1S/C33H43N5O5/c1-23-8-10-24(11-9-23)19-36(20-25-12-14-27(42-7)15-13-25)30-29(38(40)41)28(16-17-34-30)35-26-18-33(5,6)22-37(21-26)31(39)43-32(2,3)4/h8-17,26H,18-22H2,1-7H3,(H,34,35)/t26-/m1/s1. The summed E-state index contributed by atoms with van der Waals surface area (Å²) in [5, 5.41) is 16.1. The first-order valence-electron chi connectivity index (χ1n) is 14.5. The van der Waals surface area contributed by atoms with Crippen molar-refractivity contribution in [1.82, 2.24) is 9.88 Å². The molecule has 0 aliphatic carbocycles. The van der Waals surface area contributed by atoms with Crippen LogP contribution in [0.2, 0.25) is 0 Å². The van der Waals surface area contributed by atoms with E-state index in [1.165, 1.54) is 0 Å². The van der Waals surface area contributed by atoms with Gasteiger partial charge >= 0.3 is 11.8 Å². The summed E-state index contributed by atoms with van der Waals surface area (Å²) in [6.45, 7) is 13.4. The quantitative estimate of drug-likeness (QED) is 0.211. The number of rotatable bonds is 9. The highest BCUT2D eigenvalue weighted by Gasteiger charge is 2.38. The predicted molar refractivity (Wildman–Crippen MR) is 169 cm³/mol. The SMILES string of the molecule is COc1ccc(CN(Cc2ccc(C)cc2)c2nccc(N[C@H]3CN(C(=O)OC(C)(C)C)CC(C)(C)C3)c2[N+](=O)[O-])cc1. The molecule has 10 heteroatoms. The third-order valence-electron chi connectivity index (χ3n) is 7.28. The number of piperidine rings is 1. The fourth-order valence-electron chi connectivity index (χ4n) is 5.47. The normalized spacial score (nSPS) is 16.3. The van der Waals surface area contributed by atoms with Gasteiger partial charge in [0.15, 0.2) is 0 Å². The Kier molecular flexibility index (Phi) is 9.47. The lowest BCUT2D eigenvalue weighted by Gasteiger charge is -2.43. The minimum Gasteiger partial charge on any atom is -0.497 e. The zero-order valence-corrected chi connectivity index (χ0v) is 26.2. The van der Waals surface area contributed by atoms with Crippen LogP contribution in [0.25, 0.3) is 0 Å². The number of pyridine rings is 1. The van der Waals surface area contributed by atoms with Crippen LogP contribution in [0.1, 0.15) is 57.7 Å². The Labute approximate surface area is 254 Å². The summed E-state index contributed by atoms with van der Waals surface area (Å²) in [5.74, 6) is 1.01. The summed E-state index contributed by atoms with van der Waals surface area (Å²) in [7, 11) is 1.62. The summed E-state index contributed by atoms with van der Waals surface area (Å²) in [5.41, 5.74) is 2.53. The number of hydrogen-bond donors (Lipinski definition) is 1. The number of benzene rings is 2. The Balaban J connectivity index is 1.67. The molecule has 1 amide bonds. The maximum atomic E-state index is 13.0. The molecule has 1 N–H and O–H groups in total. The van der Waals surface area contributed by atoms with Crippen LogP contribution < -0.4 is 15.0 Å². The molecule has 230 valence electrons. The molecule has 1 atom stereocenters. The number of likely N-dealkylation sites (tertiary alicyclic amines) is 1. The van der Waals surface area contributed by atoms with Gasteiger partial charge in [0.2, 0.25) is 5.82 Å². The molecule has 2 heterocycles. The van der Waals surface area contributed by atoms with Crippen molar-refractivity contribution in [3.63, 3.8) is 0 Å². The molecule has 4 rings (SSSR count). The van der Waals surface area contributed by atoms with Crippen LogP contribution in [-0.2, 0) is 17.8 Å². The second-order valence-corrected chi connectivity index (χ2v) is 13.0. The number of ether oxygens (including phenoxy) is 2. The molecular weight excluding hydrogens is 546 g/mol. The third kappa shape index (κ3) is 8.59. The fraction of sp³-hybridized carbons (Fsp3) is 0.455. The van der Waals surface area contributed by atoms with E-state index in [1.54, 1.807) is 24.3 Å². The molecule has 0 radical (unpaired) electrons. The Morgan fingerprint density at radius 2 is 1.70 bits per heavy atom.